The Kier molecular flexibility index (Phi) is 3.09. The van der Waals surface area contributed by atoms with E-state index in [1.807, 2.05) is 24.3 Å². The van der Waals surface area contributed by atoms with E-state index in [1.54, 1.807) is 12.1 Å². The third-order valence-electron chi connectivity index (χ3n) is 2.92. The highest BCUT2D eigenvalue weighted by atomic mass is 32.2. The maximum atomic E-state index is 12.1. The normalized spacial score (nSPS) is 13.4. The quantitative estimate of drug-likeness (QED) is 0.911. The second-order valence-corrected chi connectivity index (χ2v) is 6.37. The van der Waals surface area contributed by atoms with Crippen LogP contribution in [0.15, 0.2) is 47.4 Å². The maximum absolute atomic E-state index is 12.1. The van der Waals surface area contributed by atoms with Gasteiger partial charge in [0.25, 0.3) is 0 Å². The Morgan fingerprint density at radius 1 is 1.11 bits per heavy atom. The van der Waals surface area contributed by atoms with Gasteiger partial charge >= 0.3 is 0 Å². The summed E-state index contributed by atoms with van der Waals surface area (Å²) in [5.41, 5.74) is 5.05. The average Bonchev–Trinajstić information content (AvgIpc) is 2.37. The Morgan fingerprint density at radius 2 is 1.72 bits per heavy atom. The first-order chi connectivity index (χ1) is 8.43. The summed E-state index contributed by atoms with van der Waals surface area (Å²) >= 11 is 0. The van der Waals surface area contributed by atoms with Gasteiger partial charge in [-0.25, -0.2) is 8.42 Å². The van der Waals surface area contributed by atoms with Crippen molar-refractivity contribution in [2.45, 2.75) is 17.1 Å². The van der Waals surface area contributed by atoms with E-state index in [4.69, 9.17) is 5.73 Å². The Morgan fingerprint density at radius 3 is 2.33 bits per heavy atom. The van der Waals surface area contributed by atoms with Crippen molar-refractivity contribution >= 4 is 26.5 Å². The molecule has 2 rings (SSSR count). The number of carbonyl (C=O) groups is 1. The first-order valence-corrected chi connectivity index (χ1v) is 6.99. The molecule has 1 atom stereocenters. The molecule has 2 N–H and O–H groups in total. The van der Waals surface area contributed by atoms with Crippen molar-refractivity contribution in [2.75, 3.05) is 0 Å². The van der Waals surface area contributed by atoms with Crippen LogP contribution in [0.4, 0.5) is 0 Å². The molecule has 2 aromatic carbocycles. The minimum Gasteiger partial charge on any atom is -0.369 e. The number of hydrogen-bond acceptors (Lipinski definition) is 3. The molecule has 0 aliphatic carbocycles. The van der Waals surface area contributed by atoms with E-state index in [1.165, 1.54) is 13.0 Å². The van der Waals surface area contributed by atoms with Crippen LogP contribution < -0.4 is 5.73 Å². The fourth-order valence-corrected chi connectivity index (χ4v) is 2.96. The molecule has 0 heterocycles. The monoisotopic (exact) mass is 263 g/mol. The molecule has 0 fully saturated rings. The minimum absolute atomic E-state index is 0.118. The standard InChI is InChI=1S/C13H13NO3S/c1-9(13(14)15)18(16,17)12-7-6-10-4-2-3-5-11(10)8-12/h2-9H,1H3,(H2,14,15)/t9-/m0/s1. The molecule has 0 unspecified atom stereocenters. The third-order valence-corrected chi connectivity index (χ3v) is 4.99. The highest BCUT2D eigenvalue weighted by Gasteiger charge is 2.27. The number of nitrogens with two attached hydrogens (primary N) is 1. The molecular formula is C13H13NO3S. The van der Waals surface area contributed by atoms with E-state index in [0.717, 1.165) is 10.8 Å². The van der Waals surface area contributed by atoms with E-state index in [0.29, 0.717) is 0 Å². The SMILES string of the molecule is C[C@@H](C(N)=O)S(=O)(=O)c1ccc2ccccc2c1. The zero-order chi connectivity index (χ0) is 13.3. The van der Waals surface area contributed by atoms with E-state index in [-0.39, 0.29) is 4.90 Å². The lowest BCUT2D eigenvalue weighted by molar-refractivity contribution is -0.117. The summed E-state index contributed by atoms with van der Waals surface area (Å²) in [6.45, 7) is 1.30. The number of rotatable bonds is 3. The molecule has 5 heteroatoms. The summed E-state index contributed by atoms with van der Waals surface area (Å²) in [5.74, 6) is -0.844. The van der Waals surface area contributed by atoms with E-state index < -0.39 is 21.0 Å². The van der Waals surface area contributed by atoms with Gasteiger partial charge in [0.1, 0.15) is 5.25 Å². The lowest BCUT2D eigenvalue weighted by atomic mass is 10.1. The van der Waals surface area contributed by atoms with Gasteiger partial charge in [-0.1, -0.05) is 30.3 Å². The third kappa shape index (κ3) is 2.09. The Bertz CT molecular complexity index is 707. The maximum Gasteiger partial charge on any atom is 0.235 e. The van der Waals surface area contributed by atoms with Crippen LogP contribution in [0.1, 0.15) is 6.92 Å². The highest BCUT2D eigenvalue weighted by molar-refractivity contribution is 7.92. The summed E-state index contributed by atoms with van der Waals surface area (Å²) in [7, 11) is -3.70. The number of benzene rings is 2. The van der Waals surface area contributed by atoms with Crippen molar-refractivity contribution in [2.24, 2.45) is 5.73 Å². The van der Waals surface area contributed by atoms with Crippen LogP contribution in [0, 0.1) is 0 Å². The van der Waals surface area contributed by atoms with Crippen molar-refractivity contribution in [3.8, 4) is 0 Å². The summed E-state index contributed by atoms with van der Waals surface area (Å²) < 4.78 is 24.2. The van der Waals surface area contributed by atoms with Gasteiger partial charge in [-0.15, -0.1) is 0 Å². The lowest BCUT2D eigenvalue weighted by Crippen LogP contribution is -2.33. The summed E-state index contributed by atoms with van der Waals surface area (Å²) in [6, 6.07) is 12.2. The fraction of sp³-hybridized carbons (Fsp3) is 0.154. The van der Waals surface area contributed by atoms with Gasteiger partial charge in [0.15, 0.2) is 9.84 Å². The van der Waals surface area contributed by atoms with E-state index >= 15 is 0 Å². The van der Waals surface area contributed by atoms with Gasteiger partial charge in [0.05, 0.1) is 4.90 Å². The van der Waals surface area contributed by atoms with Gasteiger partial charge < -0.3 is 5.73 Å². The Hall–Kier alpha value is -1.88. The minimum atomic E-state index is -3.70. The molecule has 0 aliphatic heterocycles. The van der Waals surface area contributed by atoms with Crippen molar-refractivity contribution in [1.29, 1.82) is 0 Å². The smallest absolute Gasteiger partial charge is 0.235 e. The predicted molar refractivity (Wildman–Crippen MR) is 69.8 cm³/mol. The molecule has 0 aliphatic rings. The zero-order valence-electron chi connectivity index (χ0n) is 9.83. The molecule has 1 amide bonds. The molecule has 0 spiro atoms. The molecule has 0 bridgehead atoms. The van der Waals surface area contributed by atoms with Gasteiger partial charge in [-0.3, -0.25) is 4.79 Å². The van der Waals surface area contributed by atoms with Crippen LogP contribution >= 0.6 is 0 Å². The number of primary amides is 1. The lowest BCUT2D eigenvalue weighted by Gasteiger charge is -2.10. The fourth-order valence-electron chi connectivity index (χ4n) is 1.70. The van der Waals surface area contributed by atoms with Crippen molar-refractivity contribution in [1.82, 2.24) is 0 Å². The number of fused-ring (bicyclic) bond motifs is 1. The van der Waals surface area contributed by atoms with Gasteiger partial charge in [0.2, 0.25) is 5.91 Å². The second-order valence-electron chi connectivity index (χ2n) is 4.10. The van der Waals surface area contributed by atoms with Crippen LogP contribution in [0.2, 0.25) is 0 Å². The molecule has 0 saturated heterocycles. The number of hydrogen-bond donors (Lipinski definition) is 1. The second kappa shape index (κ2) is 4.42. The van der Waals surface area contributed by atoms with Crippen LogP contribution in [-0.4, -0.2) is 19.6 Å². The Balaban J connectivity index is 2.58. The van der Waals surface area contributed by atoms with Crippen LogP contribution in [0.3, 0.4) is 0 Å². The molecule has 2 aromatic rings. The molecular weight excluding hydrogens is 250 g/mol. The van der Waals surface area contributed by atoms with Crippen molar-refractivity contribution < 1.29 is 13.2 Å². The first kappa shape index (κ1) is 12.6. The number of amides is 1. The van der Waals surface area contributed by atoms with Crippen LogP contribution in [0.5, 0.6) is 0 Å². The zero-order valence-corrected chi connectivity index (χ0v) is 10.6. The van der Waals surface area contributed by atoms with E-state index in [9.17, 15) is 13.2 Å². The average molecular weight is 263 g/mol. The molecule has 0 aromatic heterocycles. The van der Waals surface area contributed by atoms with E-state index in [2.05, 4.69) is 0 Å². The summed E-state index contributed by atoms with van der Waals surface area (Å²) in [5, 5.41) is 0.539. The number of carbonyl (C=O) groups excluding carboxylic acids is 1. The highest BCUT2D eigenvalue weighted by Crippen LogP contribution is 2.22. The number of sulfone groups is 1. The first-order valence-electron chi connectivity index (χ1n) is 5.45. The molecule has 94 valence electrons. The largest absolute Gasteiger partial charge is 0.369 e. The van der Waals surface area contributed by atoms with Gasteiger partial charge in [-0.05, 0) is 29.8 Å². The molecule has 4 nitrogen and oxygen atoms in total. The summed E-state index contributed by atoms with van der Waals surface area (Å²) in [4.78, 5) is 11.1. The van der Waals surface area contributed by atoms with Crippen LogP contribution in [0.25, 0.3) is 10.8 Å². The van der Waals surface area contributed by atoms with Gasteiger partial charge in [0, 0.05) is 0 Å². The van der Waals surface area contributed by atoms with Gasteiger partial charge in [-0.2, -0.15) is 0 Å². The summed E-state index contributed by atoms with van der Waals surface area (Å²) in [6.07, 6.45) is 0. The topological polar surface area (TPSA) is 77.2 Å². The molecule has 0 saturated carbocycles. The predicted octanol–water partition coefficient (Wildman–Crippen LogP) is 1.49. The Labute approximate surface area is 105 Å². The van der Waals surface area contributed by atoms with Crippen molar-refractivity contribution in [3.05, 3.63) is 42.5 Å². The molecule has 0 radical (unpaired) electrons. The van der Waals surface area contributed by atoms with Crippen LogP contribution in [-0.2, 0) is 14.6 Å². The van der Waals surface area contributed by atoms with Crippen molar-refractivity contribution in [3.63, 3.8) is 0 Å². The molecule has 18 heavy (non-hydrogen) atoms.